The summed E-state index contributed by atoms with van der Waals surface area (Å²) in [5.41, 5.74) is 0.733. The number of halogens is 4. The van der Waals surface area contributed by atoms with Gasteiger partial charge in [0, 0.05) is 11.6 Å². The fraction of sp³-hybridized carbons (Fsp3) is 0.143. The maximum absolute atomic E-state index is 13.4. The first kappa shape index (κ1) is 15.2. The number of ether oxygens (including phenoxy) is 1. The number of benzene rings is 2. The summed E-state index contributed by atoms with van der Waals surface area (Å²) in [6.45, 7) is 0. The van der Waals surface area contributed by atoms with E-state index in [2.05, 4.69) is 15.9 Å². The summed E-state index contributed by atoms with van der Waals surface area (Å²) >= 11 is 8.74. The lowest BCUT2D eigenvalue weighted by Gasteiger charge is -2.16. The summed E-state index contributed by atoms with van der Waals surface area (Å²) < 4.78 is 31.8. The van der Waals surface area contributed by atoms with Crippen molar-refractivity contribution >= 4 is 27.5 Å². The van der Waals surface area contributed by atoms with Gasteiger partial charge in [0.15, 0.2) is 0 Å². The Morgan fingerprint density at radius 2 is 1.90 bits per heavy atom. The van der Waals surface area contributed by atoms with Gasteiger partial charge >= 0.3 is 0 Å². The quantitative estimate of drug-likeness (QED) is 0.872. The zero-order chi connectivity index (χ0) is 14.9. The molecule has 0 fully saturated rings. The highest BCUT2D eigenvalue weighted by atomic mass is 79.9. The number of hydrogen-bond donors (Lipinski definition) is 1. The lowest BCUT2D eigenvalue weighted by molar-refractivity contribution is 0.214. The summed E-state index contributed by atoms with van der Waals surface area (Å²) in [6, 6.07) is 6.45. The van der Waals surface area contributed by atoms with E-state index in [0.717, 1.165) is 12.1 Å². The summed E-state index contributed by atoms with van der Waals surface area (Å²) in [7, 11) is 1.37. The monoisotopic (exact) mass is 362 g/mol. The molecular formula is C14H10BrClF2O2. The molecule has 1 atom stereocenters. The van der Waals surface area contributed by atoms with Crippen LogP contribution < -0.4 is 4.74 Å². The standard InChI is InChI=1S/C14H10BrClF2O2/c1-20-13-6-12(18)9(15)5-8(13)14(19)7-2-3-11(17)10(16)4-7/h2-6,14,19H,1H3. The van der Waals surface area contributed by atoms with Crippen LogP contribution in [0.3, 0.4) is 0 Å². The summed E-state index contributed by atoms with van der Waals surface area (Å²) in [5, 5.41) is 10.2. The van der Waals surface area contributed by atoms with Crippen LogP contribution in [0.2, 0.25) is 5.02 Å². The smallest absolute Gasteiger partial charge is 0.141 e. The average molecular weight is 364 g/mol. The molecule has 1 N–H and O–H groups in total. The van der Waals surface area contributed by atoms with E-state index in [1.54, 1.807) is 0 Å². The second kappa shape index (κ2) is 6.08. The van der Waals surface area contributed by atoms with E-state index in [9.17, 15) is 13.9 Å². The minimum absolute atomic E-state index is 0.0957. The van der Waals surface area contributed by atoms with Gasteiger partial charge in [-0.25, -0.2) is 8.78 Å². The van der Waals surface area contributed by atoms with E-state index in [1.165, 1.54) is 25.3 Å². The van der Waals surface area contributed by atoms with Gasteiger partial charge in [0.1, 0.15) is 23.5 Å². The molecule has 0 saturated carbocycles. The third-order valence-corrected chi connectivity index (χ3v) is 3.72. The van der Waals surface area contributed by atoms with Crippen molar-refractivity contribution in [3.8, 4) is 5.75 Å². The number of hydrogen-bond acceptors (Lipinski definition) is 2. The van der Waals surface area contributed by atoms with Gasteiger partial charge in [-0.2, -0.15) is 0 Å². The Morgan fingerprint density at radius 3 is 2.50 bits per heavy atom. The Balaban J connectivity index is 2.49. The highest BCUT2D eigenvalue weighted by molar-refractivity contribution is 9.10. The second-order valence-electron chi connectivity index (χ2n) is 4.08. The molecule has 2 aromatic carbocycles. The van der Waals surface area contributed by atoms with Crippen LogP contribution in [-0.4, -0.2) is 12.2 Å². The SMILES string of the molecule is COc1cc(F)c(Br)cc1C(O)c1ccc(F)c(Cl)c1. The number of rotatable bonds is 3. The first-order chi connectivity index (χ1) is 9.43. The molecule has 2 rings (SSSR count). The van der Waals surface area contributed by atoms with E-state index < -0.39 is 17.7 Å². The third-order valence-electron chi connectivity index (χ3n) is 2.83. The van der Waals surface area contributed by atoms with Gasteiger partial charge in [0.05, 0.1) is 16.6 Å². The van der Waals surface area contributed by atoms with Crippen LogP contribution in [0.15, 0.2) is 34.8 Å². The Labute approximate surface area is 128 Å². The van der Waals surface area contributed by atoms with Crippen molar-refractivity contribution in [1.29, 1.82) is 0 Å². The van der Waals surface area contributed by atoms with Gasteiger partial charge in [-0.05, 0) is 39.7 Å². The summed E-state index contributed by atoms with van der Waals surface area (Å²) in [4.78, 5) is 0. The first-order valence-corrected chi connectivity index (χ1v) is 6.77. The highest BCUT2D eigenvalue weighted by Gasteiger charge is 2.19. The highest BCUT2D eigenvalue weighted by Crippen LogP contribution is 2.34. The predicted molar refractivity (Wildman–Crippen MR) is 76.1 cm³/mol. The Kier molecular flexibility index (Phi) is 4.62. The maximum Gasteiger partial charge on any atom is 0.141 e. The van der Waals surface area contributed by atoms with Crippen molar-refractivity contribution in [2.24, 2.45) is 0 Å². The van der Waals surface area contributed by atoms with Gasteiger partial charge in [0.2, 0.25) is 0 Å². The molecule has 2 aromatic rings. The van der Waals surface area contributed by atoms with Crippen molar-refractivity contribution in [3.05, 3.63) is 62.6 Å². The van der Waals surface area contributed by atoms with Crippen LogP contribution in [-0.2, 0) is 0 Å². The lowest BCUT2D eigenvalue weighted by Crippen LogP contribution is -2.04. The Hall–Kier alpha value is -1.17. The van der Waals surface area contributed by atoms with Crippen LogP contribution in [0.4, 0.5) is 8.78 Å². The minimum Gasteiger partial charge on any atom is -0.496 e. The van der Waals surface area contributed by atoms with E-state index >= 15 is 0 Å². The molecule has 0 aliphatic carbocycles. The molecule has 1 unspecified atom stereocenters. The Bertz CT molecular complexity index is 649. The number of aliphatic hydroxyl groups excluding tert-OH is 1. The van der Waals surface area contributed by atoms with Gasteiger partial charge < -0.3 is 9.84 Å². The second-order valence-corrected chi connectivity index (χ2v) is 5.35. The Morgan fingerprint density at radius 1 is 1.20 bits per heavy atom. The average Bonchev–Trinajstić information content (AvgIpc) is 2.43. The van der Waals surface area contributed by atoms with Crippen LogP contribution in [0.25, 0.3) is 0 Å². The fourth-order valence-electron chi connectivity index (χ4n) is 1.80. The van der Waals surface area contributed by atoms with Crippen molar-refractivity contribution in [1.82, 2.24) is 0 Å². The topological polar surface area (TPSA) is 29.5 Å². The molecule has 0 radical (unpaired) electrons. The molecule has 6 heteroatoms. The molecule has 0 aromatic heterocycles. The van der Waals surface area contributed by atoms with Crippen molar-refractivity contribution in [3.63, 3.8) is 0 Å². The van der Waals surface area contributed by atoms with Gasteiger partial charge in [-0.1, -0.05) is 17.7 Å². The van der Waals surface area contributed by atoms with E-state index in [1.807, 2.05) is 0 Å². The number of methoxy groups -OCH3 is 1. The molecule has 0 heterocycles. The van der Waals surface area contributed by atoms with Crippen LogP contribution in [0.5, 0.6) is 5.75 Å². The van der Waals surface area contributed by atoms with Crippen molar-refractivity contribution in [2.45, 2.75) is 6.10 Å². The molecule has 0 aliphatic rings. The first-order valence-electron chi connectivity index (χ1n) is 5.60. The minimum atomic E-state index is -1.11. The molecule has 0 amide bonds. The number of aliphatic hydroxyl groups is 1. The van der Waals surface area contributed by atoms with E-state index in [4.69, 9.17) is 16.3 Å². The zero-order valence-corrected chi connectivity index (χ0v) is 12.7. The normalized spacial score (nSPS) is 12.3. The fourth-order valence-corrected chi connectivity index (χ4v) is 2.35. The molecule has 106 valence electrons. The van der Waals surface area contributed by atoms with Gasteiger partial charge in [-0.15, -0.1) is 0 Å². The molecule has 0 saturated heterocycles. The van der Waals surface area contributed by atoms with Gasteiger partial charge in [0.25, 0.3) is 0 Å². The molecule has 0 aliphatic heterocycles. The molecule has 2 nitrogen and oxygen atoms in total. The summed E-state index contributed by atoms with van der Waals surface area (Å²) in [5.74, 6) is -0.886. The van der Waals surface area contributed by atoms with Crippen molar-refractivity contribution in [2.75, 3.05) is 7.11 Å². The van der Waals surface area contributed by atoms with Crippen LogP contribution in [0.1, 0.15) is 17.2 Å². The third kappa shape index (κ3) is 2.95. The largest absolute Gasteiger partial charge is 0.496 e. The van der Waals surface area contributed by atoms with Crippen molar-refractivity contribution < 1.29 is 18.6 Å². The van der Waals surface area contributed by atoms with Crippen LogP contribution in [0, 0.1) is 11.6 Å². The molecule has 20 heavy (non-hydrogen) atoms. The molecule has 0 bridgehead atoms. The predicted octanol–water partition coefficient (Wildman–Crippen LogP) is 4.47. The lowest BCUT2D eigenvalue weighted by atomic mass is 10.0. The summed E-state index contributed by atoms with van der Waals surface area (Å²) in [6.07, 6.45) is -1.11. The molecule has 0 spiro atoms. The van der Waals surface area contributed by atoms with E-state index in [-0.39, 0.29) is 15.2 Å². The molecular weight excluding hydrogens is 354 g/mol. The zero-order valence-electron chi connectivity index (χ0n) is 10.3. The van der Waals surface area contributed by atoms with E-state index in [0.29, 0.717) is 11.1 Å². The van der Waals surface area contributed by atoms with Crippen LogP contribution >= 0.6 is 27.5 Å². The maximum atomic E-state index is 13.4. The van der Waals surface area contributed by atoms with Gasteiger partial charge in [-0.3, -0.25) is 0 Å².